The number of hydrogen-bond donors (Lipinski definition) is 0. The number of anilines is 2. The van der Waals surface area contributed by atoms with E-state index in [9.17, 15) is 19.7 Å². The molecule has 0 radical (unpaired) electrons. The number of hydroxylamine groups is 1. The number of fused-ring (bicyclic) bond motifs is 1. The van der Waals surface area contributed by atoms with Crippen LogP contribution in [0.2, 0.25) is 0 Å². The Bertz CT molecular complexity index is 945. The Morgan fingerprint density at radius 1 is 1.00 bits per heavy atom. The predicted octanol–water partition coefficient (Wildman–Crippen LogP) is 3.32. The summed E-state index contributed by atoms with van der Waals surface area (Å²) in [4.78, 5) is 43.7. The molecule has 0 aromatic heterocycles. The first-order valence-electron chi connectivity index (χ1n) is 9.52. The lowest BCUT2D eigenvalue weighted by atomic mass is 9.90. The van der Waals surface area contributed by atoms with E-state index < -0.39 is 22.9 Å². The fourth-order valence-electron chi connectivity index (χ4n) is 4.02. The Morgan fingerprint density at radius 3 is 2.24 bits per heavy atom. The molecule has 29 heavy (non-hydrogen) atoms. The summed E-state index contributed by atoms with van der Waals surface area (Å²) >= 11 is 0. The Hall–Kier alpha value is -3.26. The van der Waals surface area contributed by atoms with Crippen LogP contribution in [0, 0.1) is 22.0 Å². The number of para-hydroxylation sites is 1. The lowest BCUT2D eigenvalue weighted by Crippen LogP contribution is -2.41. The topological polar surface area (TPSA) is 93.0 Å². The van der Waals surface area contributed by atoms with Crippen molar-refractivity contribution in [1.29, 1.82) is 0 Å². The molecule has 2 aliphatic rings. The zero-order valence-corrected chi connectivity index (χ0v) is 16.1. The quantitative estimate of drug-likeness (QED) is 0.438. The van der Waals surface area contributed by atoms with Gasteiger partial charge in [-0.15, -0.1) is 0 Å². The van der Waals surface area contributed by atoms with Gasteiger partial charge in [0.1, 0.15) is 0 Å². The van der Waals surface area contributed by atoms with E-state index in [0.29, 0.717) is 18.0 Å². The maximum absolute atomic E-state index is 13.2. The van der Waals surface area contributed by atoms with Crippen LogP contribution in [-0.2, 0) is 14.4 Å². The highest BCUT2D eigenvalue weighted by Gasteiger charge is 2.59. The number of hydrogen-bond acceptors (Lipinski definition) is 6. The summed E-state index contributed by atoms with van der Waals surface area (Å²) in [5.74, 6) is -1.11. The molecular weight excluding hydrogens is 374 g/mol. The SMILES string of the molecule is CC(C)CC1C2C(=O)N(c3ccc([N+](=O)[O-])cc3)C(=O)C2ON1c1ccccc1. The number of amides is 2. The molecule has 2 saturated heterocycles. The lowest BCUT2D eigenvalue weighted by Gasteiger charge is -2.29. The zero-order chi connectivity index (χ0) is 20.7. The number of nitrogens with zero attached hydrogens (tertiary/aromatic N) is 3. The minimum Gasteiger partial charge on any atom is -0.273 e. The van der Waals surface area contributed by atoms with Crippen molar-refractivity contribution in [2.45, 2.75) is 32.4 Å². The van der Waals surface area contributed by atoms with Crippen LogP contribution in [0.1, 0.15) is 20.3 Å². The summed E-state index contributed by atoms with van der Waals surface area (Å²) < 4.78 is 0. The van der Waals surface area contributed by atoms with Crippen LogP contribution < -0.4 is 9.96 Å². The van der Waals surface area contributed by atoms with E-state index in [1.54, 1.807) is 5.06 Å². The van der Waals surface area contributed by atoms with Crippen molar-refractivity contribution >= 4 is 28.9 Å². The third kappa shape index (κ3) is 3.25. The molecule has 2 fully saturated rings. The second-order valence-electron chi connectivity index (χ2n) is 7.70. The standard InChI is InChI=1S/C21H21N3O5/c1-13(2)12-17-18-19(29-23(17)15-6-4-3-5-7-15)21(26)22(20(18)25)14-8-10-16(11-9-14)24(27)28/h3-11,13,17-19H,12H2,1-2H3. The van der Waals surface area contributed by atoms with Crippen molar-refractivity contribution in [3.8, 4) is 0 Å². The maximum atomic E-state index is 13.2. The van der Waals surface area contributed by atoms with E-state index in [4.69, 9.17) is 4.84 Å². The molecule has 2 aliphatic heterocycles. The van der Waals surface area contributed by atoms with Gasteiger partial charge in [0, 0.05) is 12.1 Å². The van der Waals surface area contributed by atoms with Crippen LogP contribution >= 0.6 is 0 Å². The van der Waals surface area contributed by atoms with Gasteiger partial charge < -0.3 is 0 Å². The van der Waals surface area contributed by atoms with Gasteiger partial charge in [0.05, 0.1) is 28.3 Å². The fourth-order valence-corrected chi connectivity index (χ4v) is 4.02. The number of rotatable bonds is 5. The highest BCUT2D eigenvalue weighted by Crippen LogP contribution is 2.42. The van der Waals surface area contributed by atoms with Crippen molar-refractivity contribution in [2.24, 2.45) is 11.8 Å². The van der Waals surface area contributed by atoms with Crippen LogP contribution in [-0.4, -0.2) is 28.9 Å². The lowest BCUT2D eigenvalue weighted by molar-refractivity contribution is -0.384. The Balaban J connectivity index is 1.66. The molecule has 0 N–H and O–H groups in total. The molecule has 2 amide bonds. The third-order valence-electron chi connectivity index (χ3n) is 5.28. The highest BCUT2D eigenvalue weighted by molar-refractivity contribution is 6.23. The summed E-state index contributed by atoms with van der Waals surface area (Å²) in [7, 11) is 0. The summed E-state index contributed by atoms with van der Waals surface area (Å²) in [6.07, 6.45) is -0.218. The van der Waals surface area contributed by atoms with Gasteiger partial charge in [-0.1, -0.05) is 32.0 Å². The van der Waals surface area contributed by atoms with E-state index in [-0.39, 0.29) is 17.6 Å². The molecule has 8 heteroatoms. The molecule has 3 atom stereocenters. The normalized spacial score (nSPS) is 23.8. The van der Waals surface area contributed by atoms with Crippen LogP contribution in [0.25, 0.3) is 0 Å². The number of carbonyl (C=O) groups is 2. The van der Waals surface area contributed by atoms with Crippen LogP contribution in [0.4, 0.5) is 17.1 Å². The monoisotopic (exact) mass is 395 g/mol. The first-order valence-corrected chi connectivity index (χ1v) is 9.52. The van der Waals surface area contributed by atoms with Crippen molar-refractivity contribution in [3.63, 3.8) is 0 Å². The summed E-state index contributed by atoms with van der Waals surface area (Å²) in [5.41, 5.74) is 1.02. The Morgan fingerprint density at radius 2 is 1.66 bits per heavy atom. The average Bonchev–Trinajstić information content (AvgIpc) is 3.18. The molecule has 0 aliphatic carbocycles. The van der Waals surface area contributed by atoms with Gasteiger partial charge in [-0.25, -0.2) is 9.96 Å². The van der Waals surface area contributed by atoms with Gasteiger partial charge in [0.25, 0.3) is 11.6 Å². The second kappa shape index (κ2) is 7.29. The summed E-state index contributed by atoms with van der Waals surface area (Å²) in [6, 6.07) is 14.6. The average molecular weight is 395 g/mol. The number of non-ortho nitro benzene ring substituents is 1. The Kier molecular flexibility index (Phi) is 4.79. The van der Waals surface area contributed by atoms with Crippen molar-refractivity contribution in [1.82, 2.24) is 0 Å². The van der Waals surface area contributed by atoms with Gasteiger partial charge in [0.15, 0.2) is 6.10 Å². The number of carbonyl (C=O) groups excluding carboxylic acids is 2. The van der Waals surface area contributed by atoms with Crippen molar-refractivity contribution < 1.29 is 19.3 Å². The number of nitro groups is 1. The second-order valence-corrected chi connectivity index (χ2v) is 7.70. The van der Waals surface area contributed by atoms with Crippen molar-refractivity contribution in [3.05, 3.63) is 64.7 Å². The first kappa shape index (κ1) is 19.1. The smallest absolute Gasteiger partial charge is 0.269 e. The molecule has 8 nitrogen and oxygen atoms in total. The molecule has 2 heterocycles. The Labute approximate surface area is 167 Å². The van der Waals surface area contributed by atoms with Gasteiger partial charge in [-0.05, 0) is 36.6 Å². The molecule has 4 rings (SSSR count). The van der Waals surface area contributed by atoms with E-state index >= 15 is 0 Å². The molecular formula is C21H21N3O5. The molecule has 0 spiro atoms. The van der Waals surface area contributed by atoms with Crippen LogP contribution in [0.5, 0.6) is 0 Å². The van der Waals surface area contributed by atoms with Crippen LogP contribution in [0.3, 0.4) is 0 Å². The summed E-state index contributed by atoms with van der Waals surface area (Å²) in [6.45, 7) is 4.12. The maximum Gasteiger partial charge on any atom is 0.269 e. The zero-order valence-electron chi connectivity index (χ0n) is 16.1. The minimum atomic E-state index is -0.901. The highest BCUT2D eigenvalue weighted by atomic mass is 16.7. The molecule has 2 aromatic rings. The molecule has 150 valence electrons. The fraction of sp³-hybridized carbons (Fsp3) is 0.333. The van der Waals surface area contributed by atoms with E-state index in [1.807, 2.05) is 30.3 Å². The largest absolute Gasteiger partial charge is 0.273 e. The molecule has 2 aromatic carbocycles. The summed E-state index contributed by atoms with van der Waals surface area (Å²) in [5, 5.41) is 12.6. The number of imide groups is 1. The van der Waals surface area contributed by atoms with E-state index in [1.165, 1.54) is 24.3 Å². The minimum absolute atomic E-state index is 0.0998. The predicted molar refractivity (Wildman–Crippen MR) is 106 cm³/mol. The van der Waals surface area contributed by atoms with Gasteiger partial charge >= 0.3 is 0 Å². The molecule has 0 bridgehead atoms. The van der Waals surface area contributed by atoms with E-state index in [2.05, 4.69) is 13.8 Å². The third-order valence-corrected chi connectivity index (χ3v) is 5.28. The van der Waals surface area contributed by atoms with Crippen LogP contribution in [0.15, 0.2) is 54.6 Å². The van der Waals surface area contributed by atoms with Gasteiger partial charge in [-0.2, -0.15) is 0 Å². The number of nitro benzene ring substituents is 1. The van der Waals surface area contributed by atoms with Gasteiger partial charge in [-0.3, -0.25) is 24.5 Å². The molecule has 0 saturated carbocycles. The van der Waals surface area contributed by atoms with E-state index in [0.717, 1.165) is 10.6 Å². The molecule has 3 unspecified atom stereocenters. The number of benzene rings is 2. The van der Waals surface area contributed by atoms with Crippen molar-refractivity contribution in [2.75, 3.05) is 9.96 Å². The van der Waals surface area contributed by atoms with Gasteiger partial charge in [0.2, 0.25) is 5.91 Å². The first-order chi connectivity index (χ1) is 13.9.